The maximum atomic E-state index is 12.3. The number of nitrogens with one attached hydrogen (secondary N) is 1. The van der Waals surface area contributed by atoms with Crippen LogP contribution in [0, 0.1) is 5.92 Å². The van der Waals surface area contributed by atoms with Gasteiger partial charge in [0.1, 0.15) is 0 Å². The van der Waals surface area contributed by atoms with Crippen molar-refractivity contribution in [1.29, 1.82) is 0 Å². The number of ether oxygens (including phenoxy) is 3. The predicted molar refractivity (Wildman–Crippen MR) is 116 cm³/mol. The number of esters is 1. The van der Waals surface area contributed by atoms with E-state index in [0.29, 0.717) is 29.0 Å². The number of carbonyl (C=O) groups is 2. The van der Waals surface area contributed by atoms with E-state index in [4.69, 9.17) is 25.8 Å². The van der Waals surface area contributed by atoms with Crippen molar-refractivity contribution >= 4 is 23.5 Å². The molecule has 0 spiro atoms. The zero-order chi connectivity index (χ0) is 22.1. The lowest BCUT2D eigenvalue weighted by Gasteiger charge is -2.15. The Hall–Kier alpha value is -2.73. The lowest BCUT2D eigenvalue weighted by Crippen LogP contribution is -2.31. The highest BCUT2D eigenvalue weighted by Gasteiger charge is 2.16. The summed E-state index contributed by atoms with van der Waals surface area (Å²) in [5, 5.41) is 3.36. The van der Waals surface area contributed by atoms with Gasteiger partial charge in [-0.15, -0.1) is 0 Å². The molecule has 1 atom stereocenters. The second-order valence-corrected chi connectivity index (χ2v) is 7.75. The third-order valence-electron chi connectivity index (χ3n) is 4.41. The number of rotatable bonds is 10. The first-order valence-electron chi connectivity index (χ1n) is 9.83. The quantitative estimate of drug-likeness (QED) is 0.544. The number of hydrogen-bond acceptors (Lipinski definition) is 5. The summed E-state index contributed by atoms with van der Waals surface area (Å²) in [5.74, 6) is 0.497. The minimum Gasteiger partial charge on any atom is -0.493 e. The molecule has 162 valence electrons. The van der Waals surface area contributed by atoms with E-state index in [9.17, 15) is 9.59 Å². The van der Waals surface area contributed by atoms with Crippen LogP contribution >= 0.6 is 11.6 Å². The second kappa shape index (κ2) is 11.5. The Morgan fingerprint density at radius 2 is 1.83 bits per heavy atom. The van der Waals surface area contributed by atoms with E-state index in [1.54, 1.807) is 30.3 Å². The van der Waals surface area contributed by atoms with E-state index in [1.165, 1.54) is 7.11 Å². The van der Waals surface area contributed by atoms with Crippen LogP contribution in [0.4, 0.5) is 0 Å². The molecule has 30 heavy (non-hydrogen) atoms. The van der Waals surface area contributed by atoms with Crippen molar-refractivity contribution in [2.75, 3.05) is 20.3 Å². The van der Waals surface area contributed by atoms with E-state index < -0.39 is 18.5 Å². The van der Waals surface area contributed by atoms with Gasteiger partial charge >= 0.3 is 5.97 Å². The molecule has 0 radical (unpaired) electrons. The Bertz CT molecular complexity index is 868. The van der Waals surface area contributed by atoms with Gasteiger partial charge in [-0.1, -0.05) is 37.6 Å². The summed E-state index contributed by atoms with van der Waals surface area (Å²) >= 11 is 5.97. The van der Waals surface area contributed by atoms with E-state index in [1.807, 2.05) is 19.1 Å². The summed E-state index contributed by atoms with van der Waals surface area (Å²) in [6.45, 7) is 6.23. The fourth-order valence-corrected chi connectivity index (χ4v) is 2.87. The minimum atomic E-state index is -0.618. The fraction of sp³-hybridized carbons (Fsp3) is 0.391. The molecular weight excluding hydrogens is 406 g/mol. The van der Waals surface area contributed by atoms with Gasteiger partial charge in [0, 0.05) is 5.02 Å². The monoisotopic (exact) mass is 433 g/mol. The summed E-state index contributed by atoms with van der Waals surface area (Å²) in [6, 6.07) is 11.7. The molecule has 0 aliphatic carbocycles. The third kappa shape index (κ3) is 7.26. The molecule has 2 aromatic rings. The number of halogens is 1. The lowest BCUT2D eigenvalue weighted by molar-refractivity contribution is -0.124. The Kier molecular flexibility index (Phi) is 8.99. The number of hydrogen-bond donors (Lipinski definition) is 1. The molecule has 2 rings (SSSR count). The van der Waals surface area contributed by atoms with Gasteiger partial charge in [0.25, 0.3) is 5.91 Å². The van der Waals surface area contributed by atoms with Gasteiger partial charge in [-0.05, 0) is 55.2 Å². The second-order valence-electron chi connectivity index (χ2n) is 7.32. The van der Waals surface area contributed by atoms with Gasteiger partial charge in [0.2, 0.25) is 0 Å². The summed E-state index contributed by atoms with van der Waals surface area (Å²) in [6.07, 6.45) is 0.912. The highest BCUT2D eigenvalue weighted by molar-refractivity contribution is 6.30. The van der Waals surface area contributed by atoms with Gasteiger partial charge in [0.15, 0.2) is 18.1 Å². The summed E-state index contributed by atoms with van der Waals surface area (Å²) in [7, 11) is 1.50. The lowest BCUT2D eigenvalue weighted by atomic mass is 10.1. The zero-order valence-corrected chi connectivity index (χ0v) is 18.5. The molecule has 7 heteroatoms. The first kappa shape index (κ1) is 23.5. The molecule has 0 heterocycles. The highest BCUT2D eigenvalue weighted by atomic mass is 35.5. The zero-order valence-electron chi connectivity index (χ0n) is 17.7. The van der Waals surface area contributed by atoms with Crippen molar-refractivity contribution in [2.45, 2.75) is 33.2 Å². The van der Waals surface area contributed by atoms with Crippen molar-refractivity contribution in [1.82, 2.24) is 5.32 Å². The third-order valence-corrected chi connectivity index (χ3v) is 4.65. The normalized spacial score (nSPS) is 11.7. The Morgan fingerprint density at radius 3 is 2.50 bits per heavy atom. The SMILES string of the molecule is COc1cc(C(=O)OCC(=O)NC(C)c2cccc(Cl)c2)ccc1OCCC(C)C. The Balaban J connectivity index is 1.89. The first-order valence-corrected chi connectivity index (χ1v) is 10.2. The van der Waals surface area contributed by atoms with Crippen molar-refractivity contribution in [3.05, 3.63) is 58.6 Å². The summed E-state index contributed by atoms with van der Waals surface area (Å²) in [4.78, 5) is 24.4. The van der Waals surface area contributed by atoms with Gasteiger partial charge in [0.05, 0.1) is 25.3 Å². The molecule has 0 aliphatic heterocycles. The number of benzene rings is 2. The Morgan fingerprint density at radius 1 is 1.07 bits per heavy atom. The Labute approximate surface area is 182 Å². The number of methoxy groups -OCH3 is 1. The molecule has 0 bridgehead atoms. The summed E-state index contributed by atoms with van der Waals surface area (Å²) < 4.78 is 16.2. The molecule has 0 saturated carbocycles. The average Bonchev–Trinajstić information content (AvgIpc) is 2.71. The van der Waals surface area contributed by atoms with Crippen molar-refractivity contribution in [3.63, 3.8) is 0 Å². The predicted octanol–water partition coefficient (Wildman–Crippen LogP) is 4.81. The van der Waals surface area contributed by atoms with Crippen LogP contribution in [0.2, 0.25) is 5.02 Å². The topological polar surface area (TPSA) is 73.9 Å². The van der Waals surface area contributed by atoms with Gasteiger partial charge in [-0.25, -0.2) is 4.79 Å². The number of carbonyl (C=O) groups excluding carboxylic acids is 2. The standard InChI is InChI=1S/C23H28ClNO5/c1-15(2)10-11-29-20-9-8-18(13-21(20)28-4)23(27)30-14-22(26)25-16(3)17-6-5-7-19(24)12-17/h5-9,12-13,15-16H,10-11,14H2,1-4H3,(H,25,26). The average molecular weight is 434 g/mol. The van der Waals surface area contributed by atoms with Crippen LogP contribution in [0.25, 0.3) is 0 Å². The molecular formula is C23H28ClNO5. The molecule has 1 N–H and O–H groups in total. The molecule has 0 saturated heterocycles. The molecule has 0 fully saturated rings. The maximum absolute atomic E-state index is 12.3. The van der Waals surface area contributed by atoms with E-state index in [0.717, 1.165) is 12.0 Å². The van der Waals surface area contributed by atoms with Crippen LogP contribution in [0.1, 0.15) is 49.2 Å². The van der Waals surface area contributed by atoms with Crippen molar-refractivity contribution in [3.8, 4) is 11.5 Å². The van der Waals surface area contributed by atoms with Gasteiger partial charge in [-0.2, -0.15) is 0 Å². The van der Waals surface area contributed by atoms with Gasteiger partial charge in [-0.3, -0.25) is 4.79 Å². The van der Waals surface area contributed by atoms with Crippen LogP contribution < -0.4 is 14.8 Å². The van der Waals surface area contributed by atoms with Crippen LogP contribution in [-0.4, -0.2) is 32.2 Å². The van der Waals surface area contributed by atoms with Crippen molar-refractivity contribution < 1.29 is 23.8 Å². The highest BCUT2D eigenvalue weighted by Crippen LogP contribution is 2.28. The molecule has 0 aromatic heterocycles. The largest absolute Gasteiger partial charge is 0.493 e. The fourth-order valence-electron chi connectivity index (χ4n) is 2.68. The van der Waals surface area contributed by atoms with E-state index in [2.05, 4.69) is 19.2 Å². The molecule has 6 nitrogen and oxygen atoms in total. The molecule has 1 amide bonds. The number of amides is 1. The summed E-state index contributed by atoms with van der Waals surface area (Å²) in [5.41, 5.74) is 1.14. The molecule has 1 unspecified atom stereocenters. The van der Waals surface area contributed by atoms with Crippen LogP contribution in [0.5, 0.6) is 11.5 Å². The minimum absolute atomic E-state index is 0.266. The molecule has 0 aliphatic rings. The first-order chi connectivity index (χ1) is 14.3. The van der Waals surface area contributed by atoms with Gasteiger partial charge < -0.3 is 19.5 Å². The van der Waals surface area contributed by atoms with Crippen LogP contribution in [0.3, 0.4) is 0 Å². The maximum Gasteiger partial charge on any atom is 0.338 e. The van der Waals surface area contributed by atoms with E-state index >= 15 is 0 Å². The molecule has 2 aromatic carbocycles. The van der Waals surface area contributed by atoms with Crippen molar-refractivity contribution in [2.24, 2.45) is 5.92 Å². The van der Waals surface area contributed by atoms with E-state index in [-0.39, 0.29) is 11.6 Å². The van der Waals surface area contributed by atoms with Crippen LogP contribution in [0.15, 0.2) is 42.5 Å². The smallest absolute Gasteiger partial charge is 0.338 e. The van der Waals surface area contributed by atoms with Crippen LogP contribution in [-0.2, 0) is 9.53 Å².